The molecule has 0 aliphatic carbocycles. The third-order valence-corrected chi connectivity index (χ3v) is 5.33. The summed E-state index contributed by atoms with van der Waals surface area (Å²) in [5.41, 5.74) is 1.66. The van der Waals surface area contributed by atoms with Gasteiger partial charge in [-0.25, -0.2) is 9.25 Å². The maximum absolute atomic E-state index is 11.9. The molecule has 1 aromatic heterocycles. The monoisotopic (exact) mass is 423 g/mol. The van der Waals surface area contributed by atoms with Crippen LogP contribution in [0.4, 0.5) is 0 Å². The average molecular weight is 423 g/mol. The molecule has 29 heavy (non-hydrogen) atoms. The Morgan fingerprint density at radius 3 is 2.72 bits per heavy atom. The smallest absolute Gasteiger partial charge is 0.382 e. The van der Waals surface area contributed by atoms with E-state index >= 15 is 0 Å². The molecular formula is C17H23BN3O7P. The van der Waals surface area contributed by atoms with E-state index in [4.69, 9.17) is 26.6 Å². The first-order valence-electron chi connectivity index (χ1n) is 8.93. The topological polar surface area (TPSA) is 114 Å². The highest BCUT2D eigenvalue weighted by Gasteiger charge is 2.47. The normalized spacial score (nSPS) is 26.4. The maximum Gasteiger partial charge on any atom is 0.472 e. The van der Waals surface area contributed by atoms with Crippen LogP contribution in [0.3, 0.4) is 0 Å². The van der Waals surface area contributed by atoms with Gasteiger partial charge in [0.05, 0.1) is 26.0 Å². The van der Waals surface area contributed by atoms with Gasteiger partial charge >= 0.3 is 7.82 Å². The minimum Gasteiger partial charge on any atom is -0.382 e. The van der Waals surface area contributed by atoms with Gasteiger partial charge in [-0.3, -0.25) is 9.05 Å². The maximum atomic E-state index is 11.9. The summed E-state index contributed by atoms with van der Waals surface area (Å²) in [6.45, 7) is 0.747. The third-order valence-electron chi connectivity index (χ3n) is 4.36. The van der Waals surface area contributed by atoms with E-state index in [1.165, 1.54) is 7.11 Å². The van der Waals surface area contributed by atoms with Gasteiger partial charge in [-0.05, 0) is 5.56 Å². The molecule has 5 atom stereocenters. The number of hydrogen-bond acceptors (Lipinski definition) is 8. The Morgan fingerprint density at radius 2 is 2.03 bits per heavy atom. The highest BCUT2D eigenvalue weighted by Crippen LogP contribution is 2.46. The van der Waals surface area contributed by atoms with Crippen molar-refractivity contribution in [3.05, 3.63) is 47.8 Å². The largest absolute Gasteiger partial charge is 0.472 e. The lowest BCUT2D eigenvalue weighted by molar-refractivity contribution is -0.0398. The summed E-state index contributed by atoms with van der Waals surface area (Å²) in [7, 11) is 4.25. The molecule has 2 radical (unpaired) electrons. The van der Waals surface area contributed by atoms with Crippen LogP contribution in [0.25, 0.3) is 0 Å². The van der Waals surface area contributed by atoms with E-state index in [2.05, 4.69) is 14.8 Å². The van der Waals surface area contributed by atoms with Crippen molar-refractivity contribution in [3.63, 3.8) is 0 Å². The Bertz CT molecular complexity index is 824. The van der Waals surface area contributed by atoms with E-state index in [0.29, 0.717) is 12.2 Å². The van der Waals surface area contributed by atoms with Gasteiger partial charge in [-0.1, -0.05) is 35.5 Å². The average Bonchev–Trinajstić information content (AvgIpc) is 3.25. The van der Waals surface area contributed by atoms with Crippen LogP contribution in [-0.2, 0) is 41.0 Å². The quantitative estimate of drug-likeness (QED) is 0.440. The van der Waals surface area contributed by atoms with Crippen LogP contribution in [0.5, 0.6) is 0 Å². The summed E-state index contributed by atoms with van der Waals surface area (Å²) >= 11 is 0. The molecule has 1 fully saturated rings. The van der Waals surface area contributed by atoms with Gasteiger partial charge in [-0.2, -0.15) is 0 Å². The van der Waals surface area contributed by atoms with Crippen LogP contribution >= 0.6 is 7.82 Å². The molecule has 1 aliphatic rings. The van der Waals surface area contributed by atoms with Gasteiger partial charge in [0, 0.05) is 20.2 Å². The Morgan fingerprint density at radius 1 is 1.28 bits per heavy atom. The lowest BCUT2D eigenvalue weighted by atomic mass is 9.93. The number of ether oxygens (including phenoxy) is 3. The third kappa shape index (κ3) is 5.96. The number of methoxy groups -OCH3 is 1. The molecule has 1 saturated heterocycles. The molecule has 0 saturated carbocycles. The first-order valence-corrected chi connectivity index (χ1v) is 10.4. The van der Waals surface area contributed by atoms with Crippen molar-refractivity contribution >= 4 is 15.7 Å². The van der Waals surface area contributed by atoms with Crippen molar-refractivity contribution in [2.24, 2.45) is 0 Å². The van der Waals surface area contributed by atoms with E-state index < -0.39 is 32.1 Å². The lowest BCUT2D eigenvalue weighted by Gasteiger charge is -2.24. The van der Waals surface area contributed by atoms with Crippen molar-refractivity contribution in [1.82, 2.24) is 15.0 Å². The highest BCUT2D eigenvalue weighted by molar-refractivity contribution is 7.47. The number of phosphoric acid groups is 1. The Kier molecular flexibility index (Phi) is 7.58. The van der Waals surface area contributed by atoms with Crippen molar-refractivity contribution in [2.45, 2.75) is 37.5 Å². The van der Waals surface area contributed by atoms with Gasteiger partial charge in [-0.15, -0.1) is 5.10 Å². The molecule has 12 heteroatoms. The van der Waals surface area contributed by atoms with Crippen LogP contribution < -0.4 is 0 Å². The number of hydrogen-bond donors (Lipinski definition) is 1. The van der Waals surface area contributed by atoms with Gasteiger partial charge in [0.25, 0.3) is 0 Å². The molecule has 2 aromatic rings. The SMILES string of the molecule is [B][C@@H]1O[C@H](COC)[C@H](OP(=O)(O)OC)C1OCc1cn(Cc2ccccc2)nn1. The van der Waals surface area contributed by atoms with E-state index in [-0.39, 0.29) is 13.2 Å². The molecule has 0 spiro atoms. The summed E-state index contributed by atoms with van der Waals surface area (Å²) in [6.07, 6.45) is -0.724. The van der Waals surface area contributed by atoms with E-state index in [0.717, 1.165) is 12.7 Å². The van der Waals surface area contributed by atoms with E-state index in [9.17, 15) is 9.46 Å². The Labute approximate surface area is 170 Å². The van der Waals surface area contributed by atoms with Crippen molar-refractivity contribution in [3.8, 4) is 0 Å². The summed E-state index contributed by atoms with van der Waals surface area (Å²) in [4.78, 5) is 9.70. The minimum atomic E-state index is -4.28. The first-order chi connectivity index (χ1) is 13.9. The van der Waals surface area contributed by atoms with Crippen molar-refractivity contribution < 1.29 is 32.7 Å². The van der Waals surface area contributed by atoms with Crippen LogP contribution in [0, 0.1) is 0 Å². The lowest BCUT2D eigenvalue weighted by Crippen LogP contribution is -2.38. The molecule has 2 unspecified atom stereocenters. The summed E-state index contributed by atoms with van der Waals surface area (Å²) in [5, 5.41) is 8.16. The number of aromatic nitrogens is 3. The predicted octanol–water partition coefficient (Wildman–Crippen LogP) is 0.883. The second-order valence-electron chi connectivity index (χ2n) is 6.48. The van der Waals surface area contributed by atoms with Crippen molar-refractivity contribution in [1.29, 1.82) is 0 Å². The number of phosphoric ester groups is 1. The van der Waals surface area contributed by atoms with Crippen LogP contribution in [-0.4, -0.2) is 72.9 Å². The van der Waals surface area contributed by atoms with Crippen LogP contribution in [0.1, 0.15) is 11.3 Å². The van der Waals surface area contributed by atoms with Gasteiger partial charge in [0.2, 0.25) is 0 Å². The molecule has 1 aliphatic heterocycles. The van der Waals surface area contributed by atoms with E-state index in [1.54, 1.807) is 10.9 Å². The molecular weight excluding hydrogens is 400 g/mol. The first kappa shape index (κ1) is 22.1. The van der Waals surface area contributed by atoms with Crippen LogP contribution in [0.15, 0.2) is 36.5 Å². The molecule has 1 N–H and O–H groups in total. The zero-order valence-corrected chi connectivity index (χ0v) is 17.1. The summed E-state index contributed by atoms with van der Waals surface area (Å²) in [6, 6.07) is 8.96. The summed E-state index contributed by atoms with van der Waals surface area (Å²) in [5.74, 6) is 0. The van der Waals surface area contributed by atoms with Crippen molar-refractivity contribution in [2.75, 3.05) is 20.8 Å². The zero-order valence-electron chi connectivity index (χ0n) is 16.2. The van der Waals surface area contributed by atoms with Crippen LogP contribution in [0.2, 0.25) is 0 Å². The summed E-state index contributed by atoms with van der Waals surface area (Å²) < 4.78 is 39.7. The second-order valence-corrected chi connectivity index (χ2v) is 8.00. The zero-order chi connectivity index (χ0) is 20.9. The van der Waals surface area contributed by atoms with Gasteiger partial charge < -0.3 is 19.1 Å². The van der Waals surface area contributed by atoms with E-state index in [1.807, 2.05) is 30.3 Å². The fraction of sp³-hybridized carbons (Fsp3) is 0.529. The molecule has 1 aromatic carbocycles. The second kappa shape index (κ2) is 9.95. The number of benzene rings is 1. The van der Waals surface area contributed by atoms with Gasteiger partial charge in [0.1, 0.15) is 31.9 Å². The minimum absolute atomic E-state index is 0.0682. The molecule has 2 heterocycles. The van der Waals surface area contributed by atoms with Gasteiger partial charge in [0.15, 0.2) is 0 Å². The molecule has 10 nitrogen and oxygen atoms in total. The standard InChI is InChI=1S/C17H23BN3O7P/c1-24-11-14-15(28-29(22,23)25-2)16(17(18)27-14)26-10-13-9-21(20-19-13)8-12-6-4-3-5-7-12/h3-7,9,14-17H,8,10-11H2,1-2H3,(H,22,23)/t14-,15+,16?,17-/m1/s1. The molecule has 3 rings (SSSR count). The highest BCUT2D eigenvalue weighted by atomic mass is 31.2. The fourth-order valence-corrected chi connectivity index (χ4v) is 3.65. The molecule has 0 amide bonds. The predicted molar refractivity (Wildman–Crippen MR) is 102 cm³/mol. The molecule has 0 bridgehead atoms. The Balaban J connectivity index is 1.63. The number of rotatable bonds is 10. The fourth-order valence-electron chi connectivity index (χ4n) is 3.00. The molecule has 156 valence electrons. The number of nitrogens with zero attached hydrogens (tertiary/aromatic N) is 3. The Hall–Kier alpha value is -1.59.